The van der Waals surface area contributed by atoms with Gasteiger partial charge < -0.3 is 20.3 Å². The highest BCUT2D eigenvalue weighted by atomic mass is 16.5. The molecule has 65 heavy (non-hydrogen) atoms. The SMILES string of the molecule is CCCCCC/C=C\C/C=C\CCCCCCCC(=O)OCCCCCCCCCC/C=C\CCCCCCCCCC(=O)NC(CO)C(O)/C=C/CCCCCCCCCCCCC. The highest BCUT2D eigenvalue weighted by molar-refractivity contribution is 5.76. The third-order valence-electron chi connectivity index (χ3n) is 12.8. The first-order valence-corrected chi connectivity index (χ1v) is 28.4. The van der Waals surface area contributed by atoms with E-state index >= 15 is 0 Å². The van der Waals surface area contributed by atoms with Crippen LogP contribution in [-0.2, 0) is 14.3 Å². The average Bonchev–Trinajstić information content (AvgIpc) is 3.31. The van der Waals surface area contributed by atoms with Gasteiger partial charge in [-0.1, -0.05) is 236 Å². The molecule has 380 valence electrons. The van der Waals surface area contributed by atoms with Crippen molar-refractivity contribution in [1.29, 1.82) is 0 Å². The van der Waals surface area contributed by atoms with Crippen LogP contribution >= 0.6 is 0 Å². The first-order valence-electron chi connectivity index (χ1n) is 28.4. The lowest BCUT2D eigenvalue weighted by atomic mass is 10.0. The number of carbonyl (C=O) groups is 2. The number of amides is 1. The summed E-state index contributed by atoms with van der Waals surface area (Å²) in [6.07, 6.45) is 68.4. The van der Waals surface area contributed by atoms with Crippen LogP contribution < -0.4 is 5.32 Å². The normalized spacial score (nSPS) is 13.0. The van der Waals surface area contributed by atoms with E-state index in [4.69, 9.17) is 4.74 Å². The Kier molecular flexibility index (Phi) is 52.6. The lowest BCUT2D eigenvalue weighted by Gasteiger charge is -2.20. The summed E-state index contributed by atoms with van der Waals surface area (Å²) in [4.78, 5) is 24.5. The number of nitrogens with one attached hydrogen (secondary N) is 1. The number of aliphatic hydroxyl groups excluding tert-OH is 2. The first-order chi connectivity index (χ1) is 32.0. The van der Waals surface area contributed by atoms with Gasteiger partial charge in [-0.15, -0.1) is 0 Å². The summed E-state index contributed by atoms with van der Waals surface area (Å²) in [6.45, 7) is 4.86. The highest BCUT2D eigenvalue weighted by Crippen LogP contribution is 2.15. The van der Waals surface area contributed by atoms with Crippen LogP contribution in [0.3, 0.4) is 0 Å². The van der Waals surface area contributed by atoms with Crippen molar-refractivity contribution >= 4 is 11.9 Å². The van der Waals surface area contributed by atoms with Crippen molar-refractivity contribution in [3.63, 3.8) is 0 Å². The van der Waals surface area contributed by atoms with Crippen molar-refractivity contribution in [2.24, 2.45) is 0 Å². The molecule has 2 unspecified atom stereocenters. The zero-order valence-electron chi connectivity index (χ0n) is 43.2. The Hall–Kier alpha value is -2.18. The fraction of sp³-hybridized carbons (Fsp3) is 0.831. The molecule has 0 aromatic rings. The van der Waals surface area contributed by atoms with Crippen LogP contribution in [0.15, 0.2) is 48.6 Å². The fourth-order valence-electron chi connectivity index (χ4n) is 8.42. The van der Waals surface area contributed by atoms with Crippen molar-refractivity contribution in [2.75, 3.05) is 13.2 Å². The molecule has 0 rings (SSSR count). The van der Waals surface area contributed by atoms with Gasteiger partial charge >= 0.3 is 5.97 Å². The average molecular weight is 913 g/mol. The Bertz CT molecular complexity index is 1100. The lowest BCUT2D eigenvalue weighted by molar-refractivity contribution is -0.143. The number of unbranched alkanes of at least 4 members (excludes halogenated alkanes) is 35. The highest BCUT2D eigenvalue weighted by Gasteiger charge is 2.18. The largest absolute Gasteiger partial charge is 0.466 e. The van der Waals surface area contributed by atoms with E-state index in [0.29, 0.717) is 19.4 Å². The van der Waals surface area contributed by atoms with E-state index in [9.17, 15) is 19.8 Å². The third-order valence-corrected chi connectivity index (χ3v) is 12.8. The number of hydrogen-bond acceptors (Lipinski definition) is 5. The smallest absolute Gasteiger partial charge is 0.305 e. The van der Waals surface area contributed by atoms with Gasteiger partial charge in [0, 0.05) is 12.8 Å². The molecule has 6 nitrogen and oxygen atoms in total. The molecule has 0 aliphatic heterocycles. The Labute approximate surface area is 404 Å². The third kappa shape index (κ3) is 51.1. The number of aliphatic hydroxyl groups is 2. The summed E-state index contributed by atoms with van der Waals surface area (Å²) in [5.41, 5.74) is 0. The Balaban J connectivity index is 3.47. The van der Waals surface area contributed by atoms with Gasteiger partial charge in [0.1, 0.15) is 0 Å². The second kappa shape index (κ2) is 54.4. The van der Waals surface area contributed by atoms with Crippen LogP contribution in [-0.4, -0.2) is 47.4 Å². The van der Waals surface area contributed by atoms with E-state index in [0.717, 1.165) is 64.2 Å². The van der Waals surface area contributed by atoms with Crippen molar-refractivity contribution < 1.29 is 24.5 Å². The standard InChI is InChI=1S/C59H109NO5/c1-3-5-7-9-11-13-15-17-18-25-29-33-37-41-45-49-53-59(64)65-54-50-46-42-38-34-30-26-23-21-19-20-22-24-28-32-36-40-44-48-52-58(63)60-56(55-61)57(62)51-47-43-39-35-31-27-16-14-12-10-8-6-4-2/h13,15,18-20,25,47,51,56-57,61-62H,3-12,14,16-17,21-24,26-46,48-50,52-55H2,1-2H3,(H,60,63)/b15-13-,20-19-,25-18-,51-47+. The van der Waals surface area contributed by atoms with Gasteiger partial charge in [-0.3, -0.25) is 9.59 Å². The summed E-state index contributed by atoms with van der Waals surface area (Å²) in [6, 6.07) is -0.635. The second-order valence-corrected chi connectivity index (χ2v) is 19.3. The fourth-order valence-corrected chi connectivity index (χ4v) is 8.42. The summed E-state index contributed by atoms with van der Waals surface area (Å²) < 4.78 is 5.47. The Morgan fingerprint density at radius 3 is 1.20 bits per heavy atom. The van der Waals surface area contributed by atoms with E-state index < -0.39 is 12.1 Å². The molecule has 6 heteroatoms. The van der Waals surface area contributed by atoms with Crippen LogP contribution in [0, 0.1) is 0 Å². The predicted octanol–water partition coefficient (Wildman–Crippen LogP) is 17.4. The maximum absolute atomic E-state index is 12.4. The van der Waals surface area contributed by atoms with Crippen LogP contribution in [0.4, 0.5) is 0 Å². The van der Waals surface area contributed by atoms with Crippen LogP contribution in [0.25, 0.3) is 0 Å². The van der Waals surface area contributed by atoms with Crippen LogP contribution in [0.1, 0.15) is 290 Å². The molecule has 0 heterocycles. The number of allylic oxidation sites excluding steroid dienone is 7. The minimum absolute atomic E-state index is 0.0109. The molecule has 0 aliphatic rings. The first kappa shape index (κ1) is 62.8. The van der Waals surface area contributed by atoms with Crippen molar-refractivity contribution in [3.05, 3.63) is 48.6 Å². The molecular weight excluding hydrogens is 803 g/mol. The Morgan fingerprint density at radius 2 is 0.769 bits per heavy atom. The van der Waals surface area contributed by atoms with E-state index in [2.05, 4.69) is 55.6 Å². The summed E-state index contributed by atoms with van der Waals surface area (Å²) in [5, 5.41) is 23.0. The molecular formula is C59H109NO5. The Morgan fingerprint density at radius 1 is 0.431 bits per heavy atom. The van der Waals surface area contributed by atoms with E-state index in [1.165, 1.54) is 199 Å². The monoisotopic (exact) mass is 912 g/mol. The molecule has 1 amide bonds. The van der Waals surface area contributed by atoms with Gasteiger partial charge in [-0.05, 0) is 89.9 Å². The van der Waals surface area contributed by atoms with Crippen molar-refractivity contribution in [1.82, 2.24) is 5.32 Å². The molecule has 0 fully saturated rings. The predicted molar refractivity (Wildman–Crippen MR) is 282 cm³/mol. The second-order valence-electron chi connectivity index (χ2n) is 19.3. The van der Waals surface area contributed by atoms with Gasteiger partial charge in [0.25, 0.3) is 0 Å². The molecule has 3 N–H and O–H groups in total. The maximum atomic E-state index is 12.4. The van der Waals surface area contributed by atoms with E-state index in [-0.39, 0.29) is 18.5 Å². The van der Waals surface area contributed by atoms with Crippen molar-refractivity contribution in [3.8, 4) is 0 Å². The quantitative estimate of drug-likeness (QED) is 0.0321. The number of esters is 1. The van der Waals surface area contributed by atoms with Gasteiger partial charge in [-0.25, -0.2) is 0 Å². The van der Waals surface area contributed by atoms with Gasteiger partial charge in [0.15, 0.2) is 0 Å². The number of hydrogen-bond donors (Lipinski definition) is 3. The molecule has 0 bridgehead atoms. The van der Waals surface area contributed by atoms with Crippen LogP contribution in [0.5, 0.6) is 0 Å². The molecule has 0 radical (unpaired) electrons. The molecule has 0 aliphatic carbocycles. The minimum Gasteiger partial charge on any atom is -0.466 e. The molecule has 0 saturated carbocycles. The number of rotatable bonds is 52. The molecule has 0 aromatic heterocycles. The lowest BCUT2D eigenvalue weighted by Crippen LogP contribution is -2.45. The minimum atomic E-state index is -0.851. The van der Waals surface area contributed by atoms with Gasteiger partial charge in [0.2, 0.25) is 5.91 Å². The van der Waals surface area contributed by atoms with E-state index in [1.807, 2.05) is 6.08 Å². The van der Waals surface area contributed by atoms with Crippen LogP contribution in [0.2, 0.25) is 0 Å². The number of carbonyl (C=O) groups excluding carboxylic acids is 2. The maximum Gasteiger partial charge on any atom is 0.305 e. The number of ether oxygens (including phenoxy) is 1. The van der Waals surface area contributed by atoms with Crippen molar-refractivity contribution in [2.45, 2.75) is 302 Å². The summed E-state index contributed by atoms with van der Waals surface area (Å²) in [7, 11) is 0. The molecule has 2 atom stereocenters. The molecule has 0 spiro atoms. The topological polar surface area (TPSA) is 95.9 Å². The summed E-state index contributed by atoms with van der Waals surface area (Å²) >= 11 is 0. The zero-order valence-corrected chi connectivity index (χ0v) is 43.2. The zero-order chi connectivity index (χ0) is 47.2. The van der Waals surface area contributed by atoms with Gasteiger partial charge in [0.05, 0.1) is 25.4 Å². The van der Waals surface area contributed by atoms with E-state index in [1.54, 1.807) is 6.08 Å². The summed E-state index contributed by atoms with van der Waals surface area (Å²) in [5.74, 6) is -0.0899. The molecule has 0 saturated heterocycles. The van der Waals surface area contributed by atoms with Gasteiger partial charge in [-0.2, -0.15) is 0 Å². The molecule has 0 aromatic carbocycles.